The van der Waals surface area contributed by atoms with Crippen molar-refractivity contribution in [2.24, 2.45) is 10.9 Å². The molecule has 98 valence electrons. The van der Waals surface area contributed by atoms with Gasteiger partial charge in [-0.25, -0.2) is 0 Å². The van der Waals surface area contributed by atoms with Gasteiger partial charge < -0.3 is 15.8 Å². The molecular formula is C12H17N3O2S. The number of nitrogens with two attached hydrogens (primary N) is 1. The number of nitrogens with zero attached hydrogens (tertiary/aromatic N) is 2. The molecule has 1 aliphatic carbocycles. The van der Waals surface area contributed by atoms with E-state index in [1.165, 1.54) is 9.78 Å². The number of thiophene rings is 1. The Morgan fingerprint density at radius 1 is 1.72 bits per heavy atom. The Morgan fingerprint density at radius 3 is 3.22 bits per heavy atom. The predicted molar refractivity (Wildman–Crippen MR) is 71.0 cm³/mol. The quantitative estimate of drug-likeness (QED) is 0.376. The molecule has 1 aliphatic rings. The van der Waals surface area contributed by atoms with Gasteiger partial charge in [-0.15, -0.1) is 11.3 Å². The fourth-order valence-corrected chi connectivity index (χ4v) is 3.35. The van der Waals surface area contributed by atoms with Gasteiger partial charge in [0.2, 0.25) is 5.91 Å². The molecule has 0 saturated heterocycles. The monoisotopic (exact) mass is 267 g/mol. The van der Waals surface area contributed by atoms with Crippen LogP contribution in [0.25, 0.3) is 0 Å². The van der Waals surface area contributed by atoms with E-state index < -0.39 is 0 Å². The first kappa shape index (κ1) is 12.9. The maximum absolute atomic E-state index is 12.3. The van der Waals surface area contributed by atoms with E-state index in [4.69, 9.17) is 10.9 Å². The lowest BCUT2D eigenvalue weighted by atomic mass is 9.87. The number of rotatable bonds is 3. The molecule has 1 aromatic heterocycles. The van der Waals surface area contributed by atoms with E-state index in [0.29, 0.717) is 0 Å². The summed E-state index contributed by atoms with van der Waals surface area (Å²) in [6, 6.07) is 2.04. The van der Waals surface area contributed by atoms with E-state index in [1.54, 1.807) is 18.4 Å². The first-order valence-electron chi connectivity index (χ1n) is 5.91. The van der Waals surface area contributed by atoms with Crippen LogP contribution >= 0.6 is 11.3 Å². The normalized spacial score (nSPS) is 19.4. The summed E-state index contributed by atoms with van der Waals surface area (Å²) in [6.07, 6.45) is 2.99. The van der Waals surface area contributed by atoms with Crippen LogP contribution in [0.2, 0.25) is 0 Å². The molecule has 0 spiro atoms. The smallest absolute Gasteiger partial charge is 0.230 e. The summed E-state index contributed by atoms with van der Waals surface area (Å²) in [5.74, 6) is 0.0182. The lowest BCUT2D eigenvalue weighted by Crippen LogP contribution is -2.39. The molecule has 1 aromatic rings. The van der Waals surface area contributed by atoms with Gasteiger partial charge in [0.1, 0.15) is 0 Å². The first-order valence-corrected chi connectivity index (χ1v) is 6.79. The van der Waals surface area contributed by atoms with E-state index >= 15 is 0 Å². The van der Waals surface area contributed by atoms with Crippen LogP contribution in [0, 0.1) is 0 Å². The average Bonchev–Trinajstić information content (AvgIpc) is 2.85. The number of hydrogen-bond donors (Lipinski definition) is 2. The van der Waals surface area contributed by atoms with Gasteiger partial charge in [0, 0.05) is 11.9 Å². The third-order valence-corrected chi connectivity index (χ3v) is 4.25. The van der Waals surface area contributed by atoms with Gasteiger partial charge in [-0.1, -0.05) is 5.16 Å². The largest absolute Gasteiger partial charge is 0.409 e. The Morgan fingerprint density at radius 2 is 2.50 bits per heavy atom. The number of oxime groups is 1. The molecule has 1 heterocycles. The van der Waals surface area contributed by atoms with Gasteiger partial charge in [-0.2, -0.15) is 0 Å². The molecule has 0 bridgehead atoms. The summed E-state index contributed by atoms with van der Waals surface area (Å²) in [7, 11) is 1.68. The summed E-state index contributed by atoms with van der Waals surface area (Å²) < 4.78 is 0. The third-order valence-electron chi connectivity index (χ3n) is 3.25. The molecule has 0 saturated carbocycles. The zero-order chi connectivity index (χ0) is 13.1. The zero-order valence-corrected chi connectivity index (χ0v) is 11.1. The molecule has 0 aromatic carbocycles. The van der Waals surface area contributed by atoms with Crippen molar-refractivity contribution in [2.45, 2.75) is 25.2 Å². The van der Waals surface area contributed by atoms with Crippen molar-refractivity contribution in [1.82, 2.24) is 4.90 Å². The highest BCUT2D eigenvalue weighted by molar-refractivity contribution is 7.10. The second-order valence-corrected chi connectivity index (χ2v) is 5.53. The van der Waals surface area contributed by atoms with Crippen LogP contribution in [-0.2, 0) is 11.2 Å². The lowest BCUT2D eigenvalue weighted by Gasteiger charge is -2.26. The van der Waals surface area contributed by atoms with Gasteiger partial charge in [-0.05, 0) is 36.3 Å². The number of fused-ring (bicyclic) bond motifs is 1. The lowest BCUT2D eigenvalue weighted by molar-refractivity contribution is -0.131. The second-order valence-electron chi connectivity index (χ2n) is 4.53. The molecule has 6 heteroatoms. The molecule has 5 nitrogen and oxygen atoms in total. The minimum Gasteiger partial charge on any atom is -0.409 e. The molecule has 3 N–H and O–H groups in total. The molecule has 1 amide bonds. The molecule has 0 fully saturated rings. The van der Waals surface area contributed by atoms with Crippen molar-refractivity contribution in [3.05, 3.63) is 21.9 Å². The fraction of sp³-hybridized carbons (Fsp3) is 0.500. The van der Waals surface area contributed by atoms with Crippen molar-refractivity contribution in [3.8, 4) is 0 Å². The number of amides is 1. The van der Waals surface area contributed by atoms with Crippen LogP contribution in [0.15, 0.2) is 16.6 Å². The van der Waals surface area contributed by atoms with Crippen LogP contribution in [0.5, 0.6) is 0 Å². The number of hydrogen-bond acceptors (Lipinski definition) is 4. The minimum absolute atomic E-state index is 0.0425. The topological polar surface area (TPSA) is 78.9 Å². The van der Waals surface area contributed by atoms with E-state index in [-0.39, 0.29) is 24.2 Å². The Balaban J connectivity index is 2.11. The van der Waals surface area contributed by atoms with Crippen molar-refractivity contribution in [3.63, 3.8) is 0 Å². The molecule has 18 heavy (non-hydrogen) atoms. The Hall–Kier alpha value is -1.56. The van der Waals surface area contributed by atoms with Crippen molar-refractivity contribution >= 4 is 23.1 Å². The summed E-state index contributed by atoms with van der Waals surface area (Å²) in [6.45, 7) is 0.158. The van der Waals surface area contributed by atoms with Gasteiger partial charge in [0.15, 0.2) is 5.84 Å². The van der Waals surface area contributed by atoms with Crippen molar-refractivity contribution in [1.29, 1.82) is 0 Å². The maximum atomic E-state index is 12.3. The number of carbonyl (C=O) groups is 1. The highest BCUT2D eigenvalue weighted by atomic mass is 32.1. The predicted octanol–water partition coefficient (Wildman–Crippen LogP) is 1.37. The molecule has 1 atom stereocenters. The maximum Gasteiger partial charge on any atom is 0.230 e. The van der Waals surface area contributed by atoms with Crippen LogP contribution < -0.4 is 5.73 Å². The number of carbonyl (C=O) groups excluding carboxylic acids is 1. The second kappa shape index (κ2) is 5.39. The summed E-state index contributed by atoms with van der Waals surface area (Å²) in [5.41, 5.74) is 6.58. The average molecular weight is 267 g/mol. The molecule has 1 unspecified atom stereocenters. The van der Waals surface area contributed by atoms with Crippen LogP contribution in [0.4, 0.5) is 0 Å². The number of aryl methyl sites for hydroxylation is 1. The van der Waals surface area contributed by atoms with Crippen LogP contribution in [0.3, 0.4) is 0 Å². The van der Waals surface area contributed by atoms with E-state index in [2.05, 4.69) is 5.16 Å². The van der Waals surface area contributed by atoms with Crippen LogP contribution in [-0.4, -0.2) is 35.4 Å². The van der Waals surface area contributed by atoms with E-state index in [0.717, 1.165) is 24.8 Å². The highest BCUT2D eigenvalue weighted by Crippen LogP contribution is 2.35. The van der Waals surface area contributed by atoms with Gasteiger partial charge >= 0.3 is 0 Å². The number of likely N-dealkylation sites (N-methyl/N-ethyl adjacent to an activating group) is 1. The molecule has 0 radical (unpaired) electrons. The minimum atomic E-state index is -0.0727. The van der Waals surface area contributed by atoms with Crippen molar-refractivity contribution in [2.75, 3.05) is 13.6 Å². The number of amidine groups is 1. The first-order chi connectivity index (χ1) is 8.63. The van der Waals surface area contributed by atoms with E-state index in [1.807, 2.05) is 11.4 Å². The highest BCUT2D eigenvalue weighted by Gasteiger charge is 2.29. The Labute approximate surface area is 110 Å². The molecule has 2 rings (SSSR count). The standard InChI is InChI=1S/C12H17N3O2S/c1-15(7-11(13)14-17)12(16)9-3-2-4-10-8(9)5-6-18-10/h5-6,9,17H,2-4,7H2,1H3,(H2,13,14). The summed E-state index contributed by atoms with van der Waals surface area (Å²) in [5, 5.41) is 13.5. The fourth-order valence-electron chi connectivity index (χ4n) is 2.36. The Kier molecular flexibility index (Phi) is 3.86. The molecular weight excluding hydrogens is 250 g/mol. The zero-order valence-electron chi connectivity index (χ0n) is 10.3. The van der Waals surface area contributed by atoms with Gasteiger partial charge in [0.05, 0.1) is 12.5 Å². The van der Waals surface area contributed by atoms with Crippen LogP contribution in [0.1, 0.15) is 29.2 Å². The van der Waals surface area contributed by atoms with E-state index in [9.17, 15) is 4.79 Å². The van der Waals surface area contributed by atoms with Gasteiger partial charge in [-0.3, -0.25) is 4.79 Å². The third kappa shape index (κ3) is 2.48. The van der Waals surface area contributed by atoms with Crippen molar-refractivity contribution < 1.29 is 10.0 Å². The molecule has 0 aliphatic heterocycles. The van der Waals surface area contributed by atoms with Gasteiger partial charge in [0.25, 0.3) is 0 Å². The summed E-state index contributed by atoms with van der Waals surface area (Å²) >= 11 is 1.72. The SMILES string of the molecule is CN(C/C(N)=N/O)C(=O)C1CCCc2sccc21. The summed E-state index contributed by atoms with van der Waals surface area (Å²) in [4.78, 5) is 15.2. The Bertz CT molecular complexity index is 470.